The highest BCUT2D eigenvalue weighted by Crippen LogP contribution is 2.42. The van der Waals surface area contributed by atoms with Gasteiger partial charge in [0, 0.05) is 16.5 Å². The SMILES string of the molecule is OCc1c(C2CC2)nn(Cc2cccc(Cl)c2)c1Cl. The van der Waals surface area contributed by atoms with Crippen LogP contribution >= 0.6 is 23.2 Å². The van der Waals surface area contributed by atoms with Crippen molar-refractivity contribution < 1.29 is 5.11 Å². The van der Waals surface area contributed by atoms with Gasteiger partial charge in [0.25, 0.3) is 0 Å². The normalized spacial score (nSPS) is 14.9. The molecule has 3 nitrogen and oxygen atoms in total. The molecule has 1 aromatic heterocycles. The Morgan fingerprint density at radius 1 is 1.32 bits per heavy atom. The van der Waals surface area contributed by atoms with Gasteiger partial charge in [-0.05, 0) is 30.5 Å². The fourth-order valence-corrected chi connectivity index (χ4v) is 2.71. The third-order valence-electron chi connectivity index (χ3n) is 3.36. The monoisotopic (exact) mass is 296 g/mol. The molecule has 5 heteroatoms. The van der Waals surface area contributed by atoms with E-state index in [1.165, 1.54) is 0 Å². The van der Waals surface area contributed by atoms with Crippen LogP contribution in [0.2, 0.25) is 10.2 Å². The summed E-state index contributed by atoms with van der Waals surface area (Å²) in [5, 5.41) is 15.2. The number of nitrogens with zero attached hydrogens (tertiary/aromatic N) is 2. The number of hydrogen-bond acceptors (Lipinski definition) is 2. The van der Waals surface area contributed by atoms with Crippen molar-refractivity contribution in [3.63, 3.8) is 0 Å². The Labute approximate surface area is 121 Å². The molecule has 0 atom stereocenters. The molecule has 1 N–H and O–H groups in total. The molecular weight excluding hydrogens is 283 g/mol. The van der Waals surface area contributed by atoms with Gasteiger partial charge >= 0.3 is 0 Å². The maximum Gasteiger partial charge on any atom is 0.133 e. The molecule has 0 radical (unpaired) electrons. The van der Waals surface area contributed by atoms with Crippen LogP contribution in [0.3, 0.4) is 0 Å². The summed E-state index contributed by atoms with van der Waals surface area (Å²) in [6.07, 6.45) is 2.27. The van der Waals surface area contributed by atoms with E-state index in [9.17, 15) is 5.11 Å². The molecule has 1 aliphatic rings. The summed E-state index contributed by atoms with van der Waals surface area (Å²) < 4.78 is 1.74. The van der Waals surface area contributed by atoms with Crippen LogP contribution in [0.4, 0.5) is 0 Å². The average molecular weight is 297 g/mol. The summed E-state index contributed by atoms with van der Waals surface area (Å²) in [6.45, 7) is 0.513. The smallest absolute Gasteiger partial charge is 0.133 e. The molecule has 2 aromatic rings. The van der Waals surface area contributed by atoms with Gasteiger partial charge < -0.3 is 5.11 Å². The lowest BCUT2D eigenvalue weighted by Crippen LogP contribution is -2.02. The van der Waals surface area contributed by atoms with Gasteiger partial charge in [-0.25, -0.2) is 4.68 Å². The standard InChI is InChI=1S/C14H14Cl2N2O/c15-11-3-1-2-9(6-11)7-18-14(16)12(8-19)13(17-18)10-4-5-10/h1-3,6,10,19H,4-5,7-8H2. The second kappa shape index (κ2) is 5.16. The van der Waals surface area contributed by atoms with E-state index in [2.05, 4.69) is 5.10 Å². The van der Waals surface area contributed by atoms with Gasteiger partial charge in [0.1, 0.15) is 5.15 Å². The van der Waals surface area contributed by atoms with Crippen LogP contribution in [-0.2, 0) is 13.2 Å². The molecule has 1 saturated carbocycles. The van der Waals surface area contributed by atoms with E-state index >= 15 is 0 Å². The Morgan fingerprint density at radius 2 is 2.11 bits per heavy atom. The number of hydrogen-bond donors (Lipinski definition) is 1. The minimum Gasteiger partial charge on any atom is -0.391 e. The molecule has 0 amide bonds. The Morgan fingerprint density at radius 3 is 2.74 bits per heavy atom. The van der Waals surface area contributed by atoms with E-state index in [4.69, 9.17) is 23.2 Å². The molecule has 1 aliphatic carbocycles. The summed E-state index contributed by atoms with van der Waals surface area (Å²) >= 11 is 12.3. The zero-order valence-corrected chi connectivity index (χ0v) is 11.8. The van der Waals surface area contributed by atoms with Crippen LogP contribution < -0.4 is 0 Å². The first-order valence-electron chi connectivity index (χ1n) is 6.29. The highest BCUT2D eigenvalue weighted by atomic mass is 35.5. The fraction of sp³-hybridized carbons (Fsp3) is 0.357. The minimum absolute atomic E-state index is 0.0553. The number of aliphatic hydroxyl groups excluding tert-OH is 1. The van der Waals surface area contributed by atoms with E-state index < -0.39 is 0 Å². The lowest BCUT2D eigenvalue weighted by atomic mass is 10.2. The van der Waals surface area contributed by atoms with Crippen LogP contribution in [0.25, 0.3) is 0 Å². The van der Waals surface area contributed by atoms with Gasteiger partial charge in [-0.1, -0.05) is 35.3 Å². The van der Waals surface area contributed by atoms with Gasteiger partial charge in [0.2, 0.25) is 0 Å². The lowest BCUT2D eigenvalue weighted by molar-refractivity contribution is 0.280. The quantitative estimate of drug-likeness (QED) is 0.936. The first-order valence-corrected chi connectivity index (χ1v) is 7.05. The van der Waals surface area contributed by atoms with E-state index in [0.29, 0.717) is 22.6 Å². The zero-order valence-electron chi connectivity index (χ0n) is 10.3. The molecule has 100 valence electrons. The largest absolute Gasteiger partial charge is 0.391 e. The van der Waals surface area contributed by atoms with Gasteiger partial charge in [-0.3, -0.25) is 0 Å². The topological polar surface area (TPSA) is 38.1 Å². The summed E-state index contributed by atoms with van der Waals surface area (Å²) in [5.41, 5.74) is 2.77. The molecule has 0 spiro atoms. The molecular formula is C14H14Cl2N2O. The Balaban J connectivity index is 1.92. The van der Waals surface area contributed by atoms with Crippen molar-refractivity contribution in [1.82, 2.24) is 9.78 Å². The van der Waals surface area contributed by atoms with Gasteiger partial charge in [0.05, 0.1) is 18.8 Å². The first-order chi connectivity index (χ1) is 9.19. The fourth-order valence-electron chi connectivity index (χ4n) is 2.24. The number of rotatable bonds is 4. The van der Waals surface area contributed by atoms with Gasteiger partial charge in [-0.2, -0.15) is 5.10 Å². The number of aliphatic hydroxyl groups is 1. The van der Waals surface area contributed by atoms with Crippen LogP contribution in [0, 0.1) is 0 Å². The van der Waals surface area contributed by atoms with Gasteiger partial charge in [-0.15, -0.1) is 0 Å². The van der Waals surface area contributed by atoms with Crippen LogP contribution in [0.15, 0.2) is 24.3 Å². The maximum absolute atomic E-state index is 9.44. The van der Waals surface area contributed by atoms with Crippen LogP contribution in [0.5, 0.6) is 0 Å². The van der Waals surface area contributed by atoms with Crippen molar-refractivity contribution >= 4 is 23.2 Å². The number of halogens is 2. The second-order valence-corrected chi connectivity index (χ2v) is 5.67. The van der Waals surface area contributed by atoms with E-state index in [1.807, 2.05) is 24.3 Å². The summed E-state index contributed by atoms with van der Waals surface area (Å²) in [7, 11) is 0. The van der Waals surface area contributed by atoms with Crippen molar-refractivity contribution in [2.75, 3.05) is 0 Å². The zero-order chi connectivity index (χ0) is 13.4. The summed E-state index contributed by atoms with van der Waals surface area (Å²) in [5.74, 6) is 0.472. The van der Waals surface area contributed by atoms with Crippen molar-refractivity contribution in [2.24, 2.45) is 0 Å². The molecule has 1 heterocycles. The molecule has 0 unspecified atom stereocenters. The molecule has 1 aromatic carbocycles. The Kier molecular flexibility index (Phi) is 3.52. The molecule has 0 aliphatic heterocycles. The molecule has 19 heavy (non-hydrogen) atoms. The molecule has 3 rings (SSSR count). The van der Waals surface area contributed by atoms with Crippen LogP contribution in [-0.4, -0.2) is 14.9 Å². The van der Waals surface area contributed by atoms with Gasteiger partial charge in [0.15, 0.2) is 0 Å². The highest BCUT2D eigenvalue weighted by molar-refractivity contribution is 6.31. The summed E-state index contributed by atoms with van der Waals surface area (Å²) in [4.78, 5) is 0. The number of aromatic nitrogens is 2. The van der Waals surface area contributed by atoms with Crippen molar-refractivity contribution in [1.29, 1.82) is 0 Å². The molecule has 0 bridgehead atoms. The number of benzene rings is 1. The minimum atomic E-state index is -0.0553. The lowest BCUT2D eigenvalue weighted by Gasteiger charge is -2.04. The molecule has 0 saturated heterocycles. The third kappa shape index (κ3) is 2.64. The van der Waals surface area contributed by atoms with Crippen LogP contribution in [0.1, 0.15) is 35.6 Å². The highest BCUT2D eigenvalue weighted by Gasteiger charge is 2.31. The van der Waals surface area contributed by atoms with E-state index in [-0.39, 0.29) is 6.61 Å². The second-order valence-electron chi connectivity index (χ2n) is 4.87. The van der Waals surface area contributed by atoms with Crippen molar-refractivity contribution in [2.45, 2.75) is 31.9 Å². The third-order valence-corrected chi connectivity index (χ3v) is 4.02. The molecule has 1 fully saturated rings. The van der Waals surface area contributed by atoms with E-state index in [1.54, 1.807) is 4.68 Å². The average Bonchev–Trinajstić information content (AvgIpc) is 3.17. The first kappa shape index (κ1) is 13.0. The maximum atomic E-state index is 9.44. The Bertz CT molecular complexity index is 605. The summed E-state index contributed by atoms with van der Waals surface area (Å²) in [6, 6.07) is 7.63. The predicted octanol–water partition coefficient (Wildman–Crippen LogP) is 3.61. The predicted molar refractivity (Wildman–Crippen MR) is 75.7 cm³/mol. The van der Waals surface area contributed by atoms with Crippen molar-refractivity contribution in [3.05, 3.63) is 51.3 Å². The Hall–Kier alpha value is -1.03. The van der Waals surface area contributed by atoms with E-state index in [0.717, 1.165) is 29.7 Å². The van der Waals surface area contributed by atoms with Crippen molar-refractivity contribution in [3.8, 4) is 0 Å².